The minimum Gasteiger partial charge on any atom is -0.466 e. The Bertz CT molecular complexity index is 657. The molecular weight excluding hydrogens is 392 g/mol. The summed E-state index contributed by atoms with van der Waals surface area (Å²) in [5.74, 6) is 6.76. The molecule has 0 bridgehead atoms. The van der Waals surface area contributed by atoms with Gasteiger partial charge in [-0.2, -0.15) is 0 Å². The van der Waals surface area contributed by atoms with Gasteiger partial charge in [0.25, 0.3) is 0 Å². The monoisotopic (exact) mass is 444 g/mol. The Hall–Kier alpha value is -0.530. The zero-order valence-electron chi connectivity index (χ0n) is 22.1. The molecule has 4 fully saturated rings. The predicted octanol–water partition coefficient (Wildman–Crippen LogP) is 8.29. The van der Waals surface area contributed by atoms with E-state index in [0.29, 0.717) is 29.3 Å². The molecule has 0 aromatic rings. The van der Waals surface area contributed by atoms with Crippen LogP contribution in [0.2, 0.25) is 0 Å². The molecule has 0 spiro atoms. The van der Waals surface area contributed by atoms with E-state index in [0.717, 1.165) is 35.5 Å². The van der Waals surface area contributed by atoms with Gasteiger partial charge in [0.1, 0.15) is 0 Å². The van der Waals surface area contributed by atoms with Crippen LogP contribution in [0.4, 0.5) is 0 Å². The SMILES string of the molecule is CC(=O)OCC(C)[C@@H](C)CC[C@@H](C)[C@H]1CC[C@H]2[C@@H]3CC[C@H]4CCCC[C@]4(C)[C@H]3CC[C@]12C. The fourth-order valence-corrected chi connectivity index (χ4v) is 9.70. The van der Waals surface area contributed by atoms with Gasteiger partial charge >= 0.3 is 5.97 Å². The van der Waals surface area contributed by atoms with Gasteiger partial charge in [0.05, 0.1) is 6.61 Å². The van der Waals surface area contributed by atoms with Crippen molar-refractivity contribution in [3.63, 3.8) is 0 Å². The van der Waals surface area contributed by atoms with Crippen molar-refractivity contribution in [1.29, 1.82) is 0 Å². The van der Waals surface area contributed by atoms with E-state index >= 15 is 0 Å². The summed E-state index contributed by atoms with van der Waals surface area (Å²) in [6, 6.07) is 0. The number of hydrogen-bond acceptors (Lipinski definition) is 2. The predicted molar refractivity (Wildman–Crippen MR) is 133 cm³/mol. The second-order valence-corrected chi connectivity index (χ2v) is 13.4. The van der Waals surface area contributed by atoms with Crippen LogP contribution in [-0.2, 0) is 9.53 Å². The van der Waals surface area contributed by atoms with Crippen LogP contribution in [0.5, 0.6) is 0 Å². The number of rotatable bonds is 7. The molecule has 1 unspecified atom stereocenters. The molecule has 0 heterocycles. The van der Waals surface area contributed by atoms with Crippen LogP contribution in [-0.4, -0.2) is 12.6 Å². The first-order chi connectivity index (χ1) is 15.2. The Balaban J connectivity index is 1.36. The second kappa shape index (κ2) is 9.61. The smallest absolute Gasteiger partial charge is 0.302 e. The Kier molecular flexibility index (Phi) is 7.39. The first-order valence-electron chi connectivity index (χ1n) is 14.3. The summed E-state index contributed by atoms with van der Waals surface area (Å²) in [5.41, 5.74) is 1.25. The first-order valence-corrected chi connectivity index (χ1v) is 14.3. The lowest BCUT2D eigenvalue weighted by Crippen LogP contribution is -2.53. The third kappa shape index (κ3) is 4.43. The van der Waals surface area contributed by atoms with E-state index < -0.39 is 0 Å². The van der Waals surface area contributed by atoms with E-state index in [9.17, 15) is 4.79 Å². The van der Waals surface area contributed by atoms with Crippen molar-refractivity contribution in [3.05, 3.63) is 0 Å². The van der Waals surface area contributed by atoms with Crippen LogP contribution in [0.15, 0.2) is 0 Å². The summed E-state index contributed by atoms with van der Waals surface area (Å²) in [6.07, 6.45) is 17.7. The Morgan fingerprint density at radius 2 is 1.59 bits per heavy atom. The molecule has 0 aromatic heterocycles. The zero-order valence-corrected chi connectivity index (χ0v) is 22.1. The molecule has 2 heteroatoms. The molecule has 0 saturated heterocycles. The number of esters is 1. The lowest BCUT2D eigenvalue weighted by Gasteiger charge is -2.61. The summed E-state index contributed by atoms with van der Waals surface area (Å²) < 4.78 is 5.28. The van der Waals surface area contributed by atoms with Crippen molar-refractivity contribution >= 4 is 5.97 Å². The van der Waals surface area contributed by atoms with E-state index in [4.69, 9.17) is 4.74 Å². The molecular formula is C30H52O2. The van der Waals surface area contributed by atoms with Gasteiger partial charge in [-0.15, -0.1) is 0 Å². The molecule has 0 aliphatic heterocycles. The lowest BCUT2D eigenvalue weighted by molar-refractivity contribution is -0.142. The van der Waals surface area contributed by atoms with E-state index in [1.165, 1.54) is 84.0 Å². The number of carbonyl (C=O) groups is 1. The standard InChI is InChI=1S/C30H52O2/c1-20(22(3)19-32-23(4)31)10-11-21(2)26-14-15-27-25-13-12-24-9-7-8-17-29(24,5)28(25)16-18-30(26,27)6/h20-22,24-28H,7-19H2,1-6H3/t20-,21+,22?,24+,25-,26+,27-,28-,29-,30+/m0/s1. The Morgan fingerprint density at radius 3 is 2.34 bits per heavy atom. The van der Waals surface area contributed by atoms with Crippen molar-refractivity contribution < 1.29 is 9.53 Å². The number of carbonyl (C=O) groups excluding carboxylic acids is 1. The van der Waals surface area contributed by atoms with Gasteiger partial charge in [-0.3, -0.25) is 4.79 Å². The molecule has 0 radical (unpaired) electrons. The molecule has 32 heavy (non-hydrogen) atoms. The van der Waals surface area contributed by atoms with E-state index in [1.54, 1.807) is 0 Å². The molecule has 4 saturated carbocycles. The summed E-state index contributed by atoms with van der Waals surface area (Å²) in [6.45, 7) is 14.7. The highest BCUT2D eigenvalue weighted by Crippen LogP contribution is 2.68. The molecule has 0 aromatic carbocycles. The zero-order chi connectivity index (χ0) is 23.1. The molecule has 4 rings (SSSR count). The second-order valence-electron chi connectivity index (χ2n) is 13.4. The number of ether oxygens (including phenoxy) is 1. The molecule has 2 nitrogen and oxygen atoms in total. The van der Waals surface area contributed by atoms with E-state index in [-0.39, 0.29) is 5.97 Å². The van der Waals surface area contributed by atoms with Gasteiger partial charge in [-0.05, 0) is 110 Å². The minimum atomic E-state index is -0.144. The fourth-order valence-electron chi connectivity index (χ4n) is 9.70. The highest BCUT2D eigenvalue weighted by molar-refractivity contribution is 5.65. The van der Waals surface area contributed by atoms with Gasteiger partial charge in [0.15, 0.2) is 0 Å². The summed E-state index contributed by atoms with van der Waals surface area (Å²) >= 11 is 0. The van der Waals surface area contributed by atoms with Crippen molar-refractivity contribution in [2.75, 3.05) is 6.61 Å². The van der Waals surface area contributed by atoms with E-state index in [2.05, 4.69) is 34.6 Å². The van der Waals surface area contributed by atoms with Crippen LogP contribution in [0.3, 0.4) is 0 Å². The normalized spacial score (nSPS) is 44.0. The quantitative estimate of drug-likeness (QED) is 0.369. The third-order valence-electron chi connectivity index (χ3n) is 11.9. The maximum absolute atomic E-state index is 11.2. The Morgan fingerprint density at radius 1 is 0.844 bits per heavy atom. The molecule has 0 amide bonds. The highest BCUT2D eigenvalue weighted by atomic mass is 16.5. The van der Waals surface area contributed by atoms with Crippen LogP contribution in [0.25, 0.3) is 0 Å². The van der Waals surface area contributed by atoms with Crippen molar-refractivity contribution in [2.24, 2.45) is 58.2 Å². The van der Waals surface area contributed by atoms with Crippen LogP contribution in [0.1, 0.15) is 119 Å². The van der Waals surface area contributed by atoms with Crippen molar-refractivity contribution in [1.82, 2.24) is 0 Å². The van der Waals surface area contributed by atoms with Crippen molar-refractivity contribution in [3.8, 4) is 0 Å². The topological polar surface area (TPSA) is 26.3 Å². The first kappa shape index (κ1) is 24.6. The van der Waals surface area contributed by atoms with Crippen LogP contribution >= 0.6 is 0 Å². The Labute approximate surface area is 199 Å². The summed E-state index contributed by atoms with van der Waals surface area (Å²) in [5, 5.41) is 0. The van der Waals surface area contributed by atoms with Gasteiger partial charge in [-0.25, -0.2) is 0 Å². The fraction of sp³-hybridized carbons (Fsp3) is 0.967. The molecule has 0 N–H and O–H groups in total. The molecule has 10 atom stereocenters. The van der Waals surface area contributed by atoms with Gasteiger partial charge < -0.3 is 4.74 Å². The molecule has 4 aliphatic rings. The van der Waals surface area contributed by atoms with Gasteiger partial charge in [0.2, 0.25) is 0 Å². The molecule has 184 valence electrons. The van der Waals surface area contributed by atoms with Crippen LogP contribution in [0, 0.1) is 58.2 Å². The largest absolute Gasteiger partial charge is 0.466 e. The highest BCUT2D eigenvalue weighted by Gasteiger charge is 2.60. The maximum Gasteiger partial charge on any atom is 0.302 e. The average Bonchev–Trinajstić information content (AvgIpc) is 3.12. The lowest BCUT2D eigenvalue weighted by atomic mass is 9.44. The van der Waals surface area contributed by atoms with Gasteiger partial charge in [0, 0.05) is 6.92 Å². The van der Waals surface area contributed by atoms with E-state index in [1.807, 2.05) is 0 Å². The number of fused-ring (bicyclic) bond motifs is 5. The minimum absolute atomic E-state index is 0.144. The summed E-state index contributed by atoms with van der Waals surface area (Å²) in [7, 11) is 0. The maximum atomic E-state index is 11.2. The average molecular weight is 445 g/mol. The van der Waals surface area contributed by atoms with Crippen LogP contribution < -0.4 is 0 Å². The number of hydrogen-bond donors (Lipinski definition) is 0. The summed E-state index contributed by atoms with van der Waals surface area (Å²) in [4.78, 5) is 11.2. The third-order valence-corrected chi connectivity index (χ3v) is 11.9. The molecule has 4 aliphatic carbocycles. The van der Waals surface area contributed by atoms with Crippen molar-refractivity contribution in [2.45, 2.75) is 119 Å². The van der Waals surface area contributed by atoms with Gasteiger partial charge in [-0.1, -0.05) is 60.3 Å².